The Balaban J connectivity index is 0.885. The summed E-state index contributed by atoms with van der Waals surface area (Å²) in [7, 11) is 0. The van der Waals surface area contributed by atoms with Gasteiger partial charge < -0.3 is 20.5 Å². The number of carbonyl (C=O) groups is 1. The SMILES string of the molecule is Nc1ncnc2c1c(-c1ccc(Oc3ccccc3)cc1)nn2C1CCN(C2CN(C3CN(c4ccc(C(=O)O)nc4)C3)C2)CC1. The lowest BCUT2D eigenvalue weighted by atomic mass is 9.95. The van der Waals surface area contributed by atoms with Crippen LogP contribution in [-0.2, 0) is 0 Å². The van der Waals surface area contributed by atoms with Gasteiger partial charge in [0.1, 0.15) is 35.0 Å². The molecule has 3 aliphatic heterocycles. The number of nitrogens with two attached hydrogens (primary N) is 1. The number of rotatable bonds is 8. The number of piperidine rings is 1. The number of carboxylic acid groups (broad SMARTS) is 1. The molecule has 0 atom stereocenters. The Kier molecular flexibility index (Phi) is 7.22. The Morgan fingerprint density at radius 2 is 1.52 bits per heavy atom. The first-order valence-electron chi connectivity index (χ1n) is 15.7. The average molecular weight is 618 g/mol. The van der Waals surface area contributed by atoms with Crippen molar-refractivity contribution in [1.82, 2.24) is 34.5 Å². The lowest BCUT2D eigenvalue weighted by Gasteiger charge is -2.55. The second-order valence-corrected chi connectivity index (χ2v) is 12.3. The summed E-state index contributed by atoms with van der Waals surface area (Å²) in [6, 6.07) is 22.4. The third kappa shape index (κ3) is 5.29. The van der Waals surface area contributed by atoms with Crippen molar-refractivity contribution in [1.29, 1.82) is 0 Å². The van der Waals surface area contributed by atoms with Gasteiger partial charge in [-0.3, -0.25) is 9.80 Å². The van der Waals surface area contributed by atoms with E-state index in [-0.39, 0.29) is 11.7 Å². The zero-order valence-electron chi connectivity index (χ0n) is 25.3. The van der Waals surface area contributed by atoms with Crippen LogP contribution in [0.15, 0.2) is 79.3 Å². The summed E-state index contributed by atoms with van der Waals surface area (Å²) < 4.78 is 8.05. The van der Waals surface area contributed by atoms with E-state index >= 15 is 0 Å². The van der Waals surface area contributed by atoms with Crippen molar-refractivity contribution in [2.75, 3.05) is 49.9 Å². The molecule has 234 valence electrons. The summed E-state index contributed by atoms with van der Waals surface area (Å²) in [6.45, 7) is 6.11. The third-order valence-corrected chi connectivity index (χ3v) is 9.59. The number of nitrogen functional groups attached to an aromatic ring is 1. The van der Waals surface area contributed by atoms with Crippen molar-refractivity contribution in [3.05, 3.63) is 84.9 Å². The Labute approximate surface area is 266 Å². The van der Waals surface area contributed by atoms with E-state index < -0.39 is 5.97 Å². The molecule has 6 heterocycles. The maximum absolute atomic E-state index is 11.1. The van der Waals surface area contributed by atoms with Crippen molar-refractivity contribution in [2.24, 2.45) is 0 Å². The molecule has 12 nitrogen and oxygen atoms in total. The quantitative estimate of drug-likeness (QED) is 0.259. The first-order valence-corrected chi connectivity index (χ1v) is 15.7. The first kappa shape index (κ1) is 28.4. The molecule has 8 rings (SSSR count). The average Bonchev–Trinajstić information content (AvgIpc) is 3.44. The van der Waals surface area contributed by atoms with Crippen LogP contribution in [-0.4, -0.2) is 97.0 Å². The number of anilines is 2. The topological polar surface area (TPSA) is 139 Å². The fraction of sp³-hybridized carbons (Fsp3) is 0.324. The monoisotopic (exact) mass is 617 g/mol. The van der Waals surface area contributed by atoms with Crippen molar-refractivity contribution in [3.8, 4) is 22.8 Å². The second kappa shape index (κ2) is 11.7. The van der Waals surface area contributed by atoms with E-state index in [1.807, 2.05) is 60.7 Å². The highest BCUT2D eigenvalue weighted by Gasteiger charge is 2.42. The molecule has 12 heteroatoms. The van der Waals surface area contributed by atoms with E-state index in [1.165, 1.54) is 6.33 Å². The maximum atomic E-state index is 11.1. The number of benzene rings is 2. The number of likely N-dealkylation sites (tertiary alicyclic amines) is 2. The van der Waals surface area contributed by atoms with Crippen LogP contribution in [0.5, 0.6) is 11.5 Å². The molecule has 5 aromatic rings. The molecule has 3 aromatic heterocycles. The summed E-state index contributed by atoms with van der Waals surface area (Å²) in [5.41, 5.74) is 9.98. The van der Waals surface area contributed by atoms with E-state index in [1.54, 1.807) is 12.3 Å². The van der Waals surface area contributed by atoms with E-state index in [9.17, 15) is 4.79 Å². The summed E-state index contributed by atoms with van der Waals surface area (Å²) in [5, 5.41) is 15.0. The third-order valence-electron chi connectivity index (χ3n) is 9.59. The molecular weight excluding hydrogens is 582 g/mol. The van der Waals surface area contributed by atoms with Crippen LogP contribution in [0.4, 0.5) is 11.5 Å². The van der Waals surface area contributed by atoms with Gasteiger partial charge in [0.2, 0.25) is 0 Å². The highest BCUT2D eigenvalue weighted by Crippen LogP contribution is 2.36. The number of ether oxygens (including phenoxy) is 1. The summed E-state index contributed by atoms with van der Waals surface area (Å²) >= 11 is 0. The van der Waals surface area contributed by atoms with Crippen LogP contribution in [0.3, 0.4) is 0 Å². The molecule has 2 aromatic carbocycles. The van der Waals surface area contributed by atoms with Crippen molar-refractivity contribution in [3.63, 3.8) is 0 Å². The summed E-state index contributed by atoms with van der Waals surface area (Å²) in [5.74, 6) is 0.981. The fourth-order valence-electron chi connectivity index (χ4n) is 6.87. The Morgan fingerprint density at radius 3 is 2.22 bits per heavy atom. The minimum Gasteiger partial charge on any atom is -0.477 e. The van der Waals surface area contributed by atoms with Gasteiger partial charge in [-0.05, 0) is 61.4 Å². The van der Waals surface area contributed by atoms with Gasteiger partial charge >= 0.3 is 5.97 Å². The number of para-hydroxylation sites is 1. The van der Waals surface area contributed by atoms with Crippen LogP contribution in [0.2, 0.25) is 0 Å². The molecule has 3 N–H and O–H groups in total. The number of aromatic carboxylic acids is 1. The minimum atomic E-state index is -0.999. The highest BCUT2D eigenvalue weighted by atomic mass is 16.5. The number of aromatic nitrogens is 5. The van der Waals surface area contributed by atoms with Crippen molar-refractivity contribution >= 4 is 28.5 Å². The first-order chi connectivity index (χ1) is 22.5. The van der Waals surface area contributed by atoms with Crippen molar-refractivity contribution < 1.29 is 14.6 Å². The number of hydrogen-bond acceptors (Lipinski definition) is 10. The molecular formula is C34H35N9O3. The van der Waals surface area contributed by atoms with Crippen LogP contribution in [0.1, 0.15) is 29.4 Å². The second-order valence-electron chi connectivity index (χ2n) is 12.3. The Hall–Kier alpha value is -5.07. The number of fused-ring (bicyclic) bond motifs is 1. The number of carboxylic acids is 1. The van der Waals surface area contributed by atoms with Crippen molar-refractivity contribution in [2.45, 2.75) is 31.0 Å². The van der Waals surface area contributed by atoms with Crippen LogP contribution < -0.4 is 15.4 Å². The van der Waals surface area contributed by atoms with E-state index in [0.29, 0.717) is 17.9 Å². The fourth-order valence-corrected chi connectivity index (χ4v) is 6.87. The normalized spacial score (nSPS) is 18.4. The smallest absolute Gasteiger partial charge is 0.354 e. The van der Waals surface area contributed by atoms with E-state index in [0.717, 1.165) is 91.6 Å². The lowest BCUT2D eigenvalue weighted by Crippen LogP contribution is -2.70. The molecule has 0 amide bonds. The predicted molar refractivity (Wildman–Crippen MR) is 174 cm³/mol. The zero-order valence-corrected chi connectivity index (χ0v) is 25.3. The zero-order chi connectivity index (χ0) is 31.2. The van der Waals surface area contributed by atoms with Crippen LogP contribution in [0.25, 0.3) is 22.3 Å². The van der Waals surface area contributed by atoms with Gasteiger partial charge in [0, 0.05) is 56.9 Å². The minimum absolute atomic E-state index is 0.0775. The number of nitrogens with zero attached hydrogens (tertiary/aromatic N) is 8. The molecule has 0 aliphatic carbocycles. The summed E-state index contributed by atoms with van der Waals surface area (Å²) in [4.78, 5) is 31.5. The Bertz CT molecular complexity index is 1840. The van der Waals surface area contributed by atoms with Gasteiger partial charge in [0.05, 0.1) is 23.3 Å². The van der Waals surface area contributed by atoms with Gasteiger partial charge in [-0.15, -0.1) is 0 Å². The van der Waals surface area contributed by atoms with Crippen LogP contribution in [0, 0.1) is 0 Å². The molecule has 0 unspecified atom stereocenters. The molecule has 0 saturated carbocycles. The highest BCUT2D eigenvalue weighted by molar-refractivity contribution is 5.98. The number of pyridine rings is 1. The van der Waals surface area contributed by atoms with E-state index in [2.05, 4.69) is 34.3 Å². The Morgan fingerprint density at radius 1 is 0.804 bits per heavy atom. The largest absolute Gasteiger partial charge is 0.477 e. The predicted octanol–water partition coefficient (Wildman–Crippen LogP) is 4.17. The number of hydrogen-bond donors (Lipinski definition) is 2. The molecule has 3 fully saturated rings. The van der Waals surface area contributed by atoms with E-state index in [4.69, 9.17) is 20.7 Å². The molecule has 3 aliphatic rings. The van der Waals surface area contributed by atoms with Gasteiger partial charge in [0.15, 0.2) is 5.65 Å². The lowest BCUT2D eigenvalue weighted by molar-refractivity contribution is -0.0160. The standard InChI is InChI=1S/C34H35N9O3/c35-32-30-31(22-6-9-28(10-7-22)46-27-4-2-1-3-5-27)39-43(33(30)38-21-37-32)23-12-14-40(15-13-23)25-17-42(18-25)26-19-41(20-26)24-8-11-29(34(44)45)36-16-24/h1-11,16,21,23,25-26H,12-15,17-20H2,(H,44,45)(H2,35,37,38). The molecule has 0 bridgehead atoms. The maximum Gasteiger partial charge on any atom is 0.354 e. The van der Waals surface area contributed by atoms with Crippen LogP contribution >= 0.6 is 0 Å². The molecule has 46 heavy (non-hydrogen) atoms. The molecule has 0 spiro atoms. The molecule has 3 saturated heterocycles. The van der Waals surface area contributed by atoms with Gasteiger partial charge in [-0.1, -0.05) is 18.2 Å². The van der Waals surface area contributed by atoms with Gasteiger partial charge in [0.25, 0.3) is 0 Å². The molecule has 0 radical (unpaired) electrons. The van der Waals surface area contributed by atoms with Gasteiger partial charge in [-0.2, -0.15) is 5.10 Å². The van der Waals surface area contributed by atoms with Gasteiger partial charge in [-0.25, -0.2) is 24.4 Å². The summed E-state index contributed by atoms with van der Waals surface area (Å²) in [6.07, 6.45) is 5.18.